The first kappa shape index (κ1) is 18.6. The van der Waals surface area contributed by atoms with E-state index in [1.165, 1.54) is 6.92 Å². The summed E-state index contributed by atoms with van der Waals surface area (Å²) in [5, 5.41) is 17.3. The summed E-state index contributed by atoms with van der Waals surface area (Å²) in [7, 11) is 0. The Morgan fingerprint density at radius 2 is 2.00 bits per heavy atom. The van der Waals surface area contributed by atoms with Crippen LogP contribution in [-0.2, 0) is 4.79 Å². The molecule has 0 spiro atoms. The molecule has 0 aliphatic heterocycles. The van der Waals surface area contributed by atoms with Crippen LogP contribution in [0.2, 0.25) is 5.02 Å². The van der Waals surface area contributed by atoms with Crippen molar-refractivity contribution < 1.29 is 9.90 Å². The van der Waals surface area contributed by atoms with Gasteiger partial charge in [-0.05, 0) is 35.9 Å². The van der Waals surface area contributed by atoms with Crippen molar-refractivity contribution in [3.05, 3.63) is 69.1 Å². The highest BCUT2D eigenvalue weighted by Gasteiger charge is 2.22. The topological polar surface area (TPSA) is 133 Å². The number of hydrogen-bond donors (Lipinski definition) is 4. The van der Waals surface area contributed by atoms with Gasteiger partial charge >= 0.3 is 0 Å². The minimum Gasteiger partial charge on any atom is -0.382 e. The molecule has 3 aromatic rings. The molecule has 3 rings (SSSR count). The second-order valence-electron chi connectivity index (χ2n) is 5.80. The van der Waals surface area contributed by atoms with Crippen molar-refractivity contribution in [3.8, 4) is 0 Å². The number of aliphatic hydroxyl groups excluding tert-OH is 1. The number of halogens is 1. The van der Waals surface area contributed by atoms with Crippen molar-refractivity contribution in [2.75, 3.05) is 5.32 Å². The fourth-order valence-corrected chi connectivity index (χ4v) is 2.78. The number of nitrogens with one attached hydrogen (secondary N) is 2. The van der Waals surface area contributed by atoms with Crippen LogP contribution in [-0.4, -0.2) is 26.7 Å². The zero-order valence-electron chi connectivity index (χ0n) is 14.2. The van der Waals surface area contributed by atoms with Crippen LogP contribution < -0.4 is 16.7 Å². The summed E-state index contributed by atoms with van der Waals surface area (Å²) >= 11 is 5.92. The van der Waals surface area contributed by atoms with Crippen LogP contribution in [0.1, 0.15) is 24.3 Å². The van der Waals surface area contributed by atoms with Gasteiger partial charge in [0, 0.05) is 17.6 Å². The summed E-state index contributed by atoms with van der Waals surface area (Å²) < 4.78 is 0. The minimum atomic E-state index is -1.28. The van der Waals surface area contributed by atoms with E-state index in [2.05, 4.69) is 20.4 Å². The lowest BCUT2D eigenvalue weighted by atomic mass is 10.0. The van der Waals surface area contributed by atoms with Crippen LogP contribution in [0.25, 0.3) is 11.0 Å². The Hall–Kier alpha value is -3.23. The molecule has 0 aliphatic carbocycles. The van der Waals surface area contributed by atoms with Crippen LogP contribution in [0.4, 0.5) is 5.69 Å². The fraction of sp³-hybridized carbons (Fsp3) is 0.111. The number of H-pyrrole nitrogens is 1. The quantitative estimate of drug-likeness (QED) is 0.309. The molecule has 0 bridgehead atoms. The zero-order chi connectivity index (χ0) is 19.6. The first-order valence-corrected chi connectivity index (χ1v) is 8.30. The lowest BCUT2D eigenvalue weighted by Crippen LogP contribution is -2.26. The molecule has 0 fully saturated rings. The summed E-state index contributed by atoms with van der Waals surface area (Å²) in [6.45, 7) is 1.40. The summed E-state index contributed by atoms with van der Waals surface area (Å²) in [6, 6.07) is 11.3. The number of carbonyl (C=O) groups is 1. The SMILES string of the molecule is CC(=O)Nc1ccc([C@H](O)/C(=N\N)c2nc3ccc(Cl)cc3[nH]c2=O)cc1. The Morgan fingerprint density at radius 3 is 2.63 bits per heavy atom. The van der Waals surface area contributed by atoms with Crippen molar-refractivity contribution >= 4 is 39.9 Å². The van der Waals surface area contributed by atoms with E-state index in [0.29, 0.717) is 27.3 Å². The lowest BCUT2D eigenvalue weighted by Gasteiger charge is -2.14. The van der Waals surface area contributed by atoms with E-state index in [-0.39, 0.29) is 17.3 Å². The first-order chi connectivity index (χ1) is 12.9. The molecule has 0 aliphatic rings. The highest BCUT2D eigenvalue weighted by molar-refractivity contribution is 6.31. The van der Waals surface area contributed by atoms with Gasteiger partial charge in [0.15, 0.2) is 5.69 Å². The molecule has 2 aromatic carbocycles. The van der Waals surface area contributed by atoms with Crippen molar-refractivity contribution in [1.82, 2.24) is 9.97 Å². The maximum absolute atomic E-state index is 12.4. The van der Waals surface area contributed by atoms with Gasteiger partial charge in [-0.25, -0.2) is 4.98 Å². The van der Waals surface area contributed by atoms with Gasteiger partial charge in [0.1, 0.15) is 11.8 Å². The average molecular weight is 386 g/mol. The second kappa shape index (κ2) is 7.56. The summed E-state index contributed by atoms with van der Waals surface area (Å²) in [5.41, 5.74) is 1.22. The van der Waals surface area contributed by atoms with Gasteiger partial charge < -0.3 is 21.2 Å². The molecule has 27 heavy (non-hydrogen) atoms. The fourth-order valence-electron chi connectivity index (χ4n) is 2.60. The first-order valence-electron chi connectivity index (χ1n) is 7.92. The number of hydrazone groups is 1. The van der Waals surface area contributed by atoms with Gasteiger partial charge in [-0.15, -0.1) is 0 Å². The Morgan fingerprint density at radius 1 is 1.30 bits per heavy atom. The molecule has 0 saturated carbocycles. The average Bonchev–Trinajstić information content (AvgIpc) is 2.62. The molecule has 0 saturated heterocycles. The standard InChI is InChI=1S/C18H16ClN5O3/c1-9(25)21-12-5-2-10(3-6-12)17(26)15(24-20)16-18(27)23-14-8-11(19)4-7-13(14)22-16/h2-8,17,26H,20H2,1H3,(H,21,25)(H,23,27)/b24-15-/t17-/m0/s1. The van der Waals surface area contributed by atoms with E-state index in [1.807, 2.05) is 0 Å². The number of aromatic nitrogens is 2. The highest BCUT2D eigenvalue weighted by atomic mass is 35.5. The number of nitrogens with zero attached hydrogens (tertiary/aromatic N) is 2. The van der Waals surface area contributed by atoms with Gasteiger partial charge in [-0.1, -0.05) is 23.7 Å². The van der Waals surface area contributed by atoms with Crippen LogP contribution in [0, 0.1) is 0 Å². The van der Waals surface area contributed by atoms with Crippen LogP contribution >= 0.6 is 11.6 Å². The van der Waals surface area contributed by atoms with Crippen molar-refractivity contribution in [1.29, 1.82) is 0 Å². The van der Waals surface area contributed by atoms with Gasteiger partial charge in [0.2, 0.25) is 5.91 Å². The largest absolute Gasteiger partial charge is 0.382 e. The number of aromatic amines is 1. The Labute approximate surface area is 158 Å². The lowest BCUT2D eigenvalue weighted by molar-refractivity contribution is -0.114. The number of aliphatic hydroxyl groups is 1. The molecule has 5 N–H and O–H groups in total. The van der Waals surface area contributed by atoms with Crippen LogP contribution in [0.15, 0.2) is 52.4 Å². The van der Waals surface area contributed by atoms with Crippen LogP contribution in [0.5, 0.6) is 0 Å². The Bertz CT molecular complexity index is 1090. The minimum absolute atomic E-state index is 0.0830. The molecular weight excluding hydrogens is 370 g/mol. The van der Waals surface area contributed by atoms with Crippen molar-refractivity contribution in [2.45, 2.75) is 13.0 Å². The molecule has 1 atom stereocenters. The molecule has 9 heteroatoms. The molecule has 138 valence electrons. The zero-order valence-corrected chi connectivity index (χ0v) is 15.0. The van der Waals surface area contributed by atoms with Gasteiger partial charge in [-0.3, -0.25) is 9.59 Å². The molecule has 1 heterocycles. The third-order valence-electron chi connectivity index (χ3n) is 3.84. The second-order valence-corrected chi connectivity index (χ2v) is 6.23. The molecular formula is C18H16ClN5O3. The summed E-state index contributed by atoms with van der Waals surface area (Å²) in [4.78, 5) is 30.4. The van der Waals surface area contributed by atoms with E-state index in [1.54, 1.807) is 42.5 Å². The van der Waals surface area contributed by atoms with Crippen molar-refractivity contribution in [2.24, 2.45) is 10.9 Å². The van der Waals surface area contributed by atoms with Crippen LogP contribution in [0.3, 0.4) is 0 Å². The van der Waals surface area contributed by atoms with E-state index in [4.69, 9.17) is 17.4 Å². The highest BCUT2D eigenvalue weighted by Crippen LogP contribution is 2.21. The molecule has 8 nitrogen and oxygen atoms in total. The number of fused-ring (bicyclic) bond motifs is 1. The number of nitrogens with two attached hydrogens (primary N) is 1. The van der Waals surface area contributed by atoms with Crippen molar-refractivity contribution in [3.63, 3.8) is 0 Å². The number of rotatable bonds is 4. The molecule has 1 aromatic heterocycles. The maximum atomic E-state index is 12.4. The number of hydrogen-bond acceptors (Lipinski definition) is 6. The van der Waals surface area contributed by atoms with E-state index >= 15 is 0 Å². The molecule has 0 radical (unpaired) electrons. The predicted molar refractivity (Wildman–Crippen MR) is 104 cm³/mol. The molecule has 0 unspecified atom stereocenters. The third-order valence-corrected chi connectivity index (χ3v) is 4.08. The summed E-state index contributed by atoms with van der Waals surface area (Å²) in [5.74, 6) is 5.22. The van der Waals surface area contributed by atoms with E-state index < -0.39 is 11.7 Å². The van der Waals surface area contributed by atoms with E-state index in [9.17, 15) is 14.7 Å². The normalized spacial score (nSPS) is 12.8. The third kappa shape index (κ3) is 3.97. The molecule has 1 amide bonds. The van der Waals surface area contributed by atoms with Gasteiger partial charge in [0.25, 0.3) is 5.56 Å². The number of carbonyl (C=O) groups excluding carboxylic acids is 1. The Kier molecular flexibility index (Phi) is 5.20. The smallest absolute Gasteiger partial charge is 0.276 e. The summed E-state index contributed by atoms with van der Waals surface area (Å²) in [6.07, 6.45) is -1.28. The monoisotopic (exact) mass is 385 g/mol. The number of amides is 1. The number of benzene rings is 2. The Balaban J connectivity index is 1.98. The van der Waals surface area contributed by atoms with E-state index in [0.717, 1.165) is 0 Å². The van der Waals surface area contributed by atoms with Gasteiger partial charge in [0.05, 0.1) is 11.0 Å². The number of anilines is 1. The maximum Gasteiger partial charge on any atom is 0.276 e. The predicted octanol–water partition coefficient (Wildman–Crippen LogP) is 1.93. The van der Waals surface area contributed by atoms with Gasteiger partial charge in [-0.2, -0.15) is 5.10 Å².